The van der Waals surface area contributed by atoms with Crippen molar-refractivity contribution in [1.29, 1.82) is 0 Å². The number of hydrogen-bond acceptors (Lipinski definition) is 3. The number of halogens is 1. The van der Waals surface area contributed by atoms with Crippen LogP contribution in [0.15, 0.2) is 18.2 Å². The molecule has 1 unspecified atom stereocenters. The van der Waals surface area contributed by atoms with E-state index < -0.39 is 0 Å². The van der Waals surface area contributed by atoms with Crippen LogP contribution in [0.1, 0.15) is 12.5 Å². The van der Waals surface area contributed by atoms with Gasteiger partial charge in [0.2, 0.25) is 0 Å². The lowest BCUT2D eigenvalue weighted by molar-refractivity contribution is 0.627. The number of benzene rings is 1. The van der Waals surface area contributed by atoms with Crippen LogP contribution in [0.2, 0.25) is 0 Å². The Morgan fingerprint density at radius 2 is 2.31 bits per heavy atom. The van der Waals surface area contributed by atoms with Crippen LogP contribution in [-0.4, -0.2) is 23.0 Å². The summed E-state index contributed by atoms with van der Waals surface area (Å²) in [5, 5.41) is 3.26. The Labute approximate surface area is 105 Å². The maximum Gasteiger partial charge on any atom is 0.124 e. The van der Waals surface area contributed by atoms with Crippen LogP contribution in [0.3, 0.4) is 0 Å². The molecule has 0 saturated carbocycles. The standard InChI is InChI=1S/C11H15FN2S2/c1-7(6-16-2)14-10-4-3-8(12)5-9(10)11(13)15/h3-5,7,14H,6H2,1-2H3,(H2,13,15). The van der Waals surface area contributed by atoms with Gasteiger partial charge in [-0.2, -0.15) is 11.8 Å². The molecule has 0 aliphatic heterocycles. The molecule has 1 atom stereocenters. The normalized spacial score (nSPS) is 12.2. The first-order valence-electron chi connectivity index (χ1n) is 4.89. The number of rotatable bonds is 5. The average molecular weight is 258 g/mol. The third kappa shape index (κ3) is 3.64. The van der Waals surface area contributed by atoms with Gasteiger partial charge in [0.1, 0.15) is 10.8 Å². The van der Waals surface area contributed by atoms with Crippen LogP contribution in [-0.2, 0) is 0 Å². The highest BCUT2D eigenvalue weighted by atomic mass is 32.2. The van der Waals surface area contributed by atoms with E-state index in [9.17, 15) is 4.39 Å². The lowest BCUT2D eigenvalue weighted by atomic mass is 10.1. The Morgan fingerprint density at radius 1 is 1.62 bits per heavy atom. The number of thioether (sulfide) groups is 1. The maximum absolute atomic E-state index is 13.0. The summed E-state index contributed by atoms with van der Waals surface area (Å²) >= 11 is 6.64. The van der Waals surface area contributed by atoms with Crippen LogP contribution in [0, 0.1) is 5.82 Å². The molecule has 1 aromatic carbocycles. The Morgan fingerprint density at radius 3 is 2.88 bits per heavy atom. The van der Waals surface area contributed by atoms with E-state index in [4.69, 9.17) is 18.0 Å². The molecule has 0 aliphatic carbocycles. The molecule has 88 valence electrons. The molecule has 0 spiro atoms. The Kier molecular flexibility index (Phi) is 5.02. The first-order valence-corrected chi connectivity index (χ1v) is 6.69. The van der Waals surface area contributed by atoms with Gasteiger partial charge in [-0.15, -0.1) is 0 Å². The summed E-state index contributed by atoms with van der Waals surface area (Å²) in [7, 11) is 0. The largest absolute Gasteiger partial charge is 0.389 e. The number of nitrogens with two attached hydrogens (primary N) is 1. The molecule has 3 N–H and O–H groups in total. The molecule has 0 heterocycles. The molecule has 0 bridgehead atoms. The second-order valence-electron chi connectivity index (χ2n) is 3.55. The van der Waals surface area contributed by atoms with Crippen molar-refractivity contribution in [2.45, 2.75) is 13.0 Å². The Hall–Kier alpha value is -0.810. The van der Waals surface area contributed by atoms with Crippen molar-refractivity contribution in [3.8, 4) is 0 Å². The van der Waals surface area contributed by atoms with Gasteiger partial charge in [-0.3, -0.25) is 0 Å². The number of nitrogens with one attached hydrogen (secondary N) is 1. The summed E-state index contributed by atoms with van der Waals surface area (Å²) < 4.78 is 13.0. The molecule has 5 heteroatoms. The smallest absolute Gasteiger partial charge is 0.124 e. The second kappa shape index (κ2) is 6.06. The molecule has 0 saturated heterocycles. The molecule has 16 heavy (non-hydrogen) atoms. The third-order valence-corrected chi connectivity index (χ3v) is 3.12. The monoisotopic (exact) mass is 258 g/mol. The average Bonchev–Trinajstić information content (AvgIpc) is 2.20. The zero-order chi connectivity index (χ0) is 12.1. The summed E-state index contributed by atoms with van der Waals surface area (Å²) in [6.45, 7) is 2.06. The van der Waals surface area contributed by atoms with Gasteiger partial charge >= 0.3 is 0 Å². The molecular weight excluding hydrogens is 243 g/mol. The third-order valence-electron chi connectivity index (χ3n) is 2.07. The fourth-order valence-electron chi connectivity index (χ4n) is 1.40. The molecule has 0 fully saturated rings. The van der Waals surface area contributed by atoms with E-state index in [2.05, 4.69) is 12.2 Å². The van der Waals surface area contributed by atoms with Crippen molar-refractivity contribution in [2.75, 3.05) is 17.3 Å². The number of anilines is 1. The van der Waals surface area contributed by atoms with E-state index in [-0.39, 0.29) is 16.8 Å². The van der Waals surface area contributed by atoms with Gasteiger partial charge in [0.15, 0.2) is 0 Å². The van der Waals surface area contributed by atoms with E-state index >= 15 is 0 Å². The minimum Gasteiger partial charge on any atom is -0.389 e. The zero-order valence-corrected chi connectivity index (χ0v) is 10.9. The van der Waals surface area contributed by atoms with E-state index in [1.54, 1.807) is 17.8 Å². The van der Waals surface area contributed by atoms with E-state index in [1.807, 2.05) is 6.26 Å². The van der Waals surface area contributed by atoms with Gasteiger partial charge < -0.3 is 11.1 Å². The first kappa shape index (κ1) is 13.3. The molecule has 0 radical (unpaired) electrons. The predicted molar refractivity (Wildman–Crippen MR) is 73.8 cm³/mol. The molecule has 0 aliphatic rings. The summed E-state index contributed by atoms with van der Waals surface area (Å²) in [5.74, 6) is 0.639. The fraction of sp³-hybridized carbons (Fsp3) is 0.364. The summed E-state index contributed by atoms with van der Waals surface area (Å²) in [6, 6.07) is 4.71. The summed E-state index contributed by atoms with van der Waals surface area (Å²) in [5.41, 5.74) is 6.90. The molecule has 2 nitrogen and oxygen atoms in total. The topological polar surface area (TPSA) is 38.0 Å². The summed E-state index contributed by atoms with van der Waals surface area (Å²) in [6.07, 6.45) is 2.04. The number of thiocarbonyl (C=S) groups is 1. The summed E-state index contributed by atoms with van der Waals surface area (Å²) in [4.78, 5) is 0.207. The van der Waals surface area contributed by atoms with Crippen molar-refractivity contribution in [1.82, 2.24) is 0 Å². The minimum atomic E-state index is -0.328. The highest BCUT2D eigenvalue weighted by molar-refractivity contribution is 7.98. The predicted octanol–water partition coefficient (Wildman–Crippen LogP) is 2.62. The van der Waals surface area contributed by atoms with Gasteiger partial charge in [-0.1, -0.05) is 12.2 Å². The van der Waals surface area contributed by atoms with Gasteiger partial charge in [-0.25, -0.2) is 4.39 Å². The lowest BCUT2D eigenvalue weighted by Crippen LogP contribution is -2.21. The molecule has 0 aromatic heterocycles. The SMILES string of the molecule is CSCC(C)Nc1ccc(F)cc1C(N)=S. The van der Waals surface area contributed by atoms with Crippen LogP contribution < -0.4 is 11.1 Å². The maximum atomic E-state index is 13.0. The van der Waals surface area contributed by atoms with Crippen LogP contribution in [0.5, 0.6) is 0 Å². The van der Waals surface area contributed by atoms with Gasteiger partial charge in [-0.05, 0) is 31.4 Å². The van der Waals surface area contributed by atoms with Gasteiger partial charge in [0.05, 0.1) is 0 Å². The Bertz CT molecular complexity index is 382. The second-order valence-corrected chi connectivity index (χ2v) is 4.91. The van der Waals surface area contributed by atoms with E-state index in [0.29, 0.717) is 5.56 Å². The fourth-order valence-corrected chi connectivity index (χ4v) is 2.16. The Balaban J connectivity index is 2.90. The first-order chi connectivity index (χ1) is 7.54. The quantitative estimate of drug-likeness (QED) is 0.796. The van der Waals surface area contributed by atoms with Gasteiger partial charge in [0, 0.05) is 23.0 Å². The van der Waals surface area contributed by atoms with E-state index in [1.165, 1.54) is 12.1 Å². The minimum absolute atomic E-state index is 0.207. The van der Waals surface area contributed by atoms with Crippen molar-refractivity contribution in [3.63, 3.8) is 0 Å². The van der Waals surface area contributed by atoms with Gasteiger partial charge in [0.25, 0.3) is 0 Å². The molecule has 1 rings (SSSR count). The number of hydrogen-bond donors (Lipinski definition) is 2. The van der Waals surface area contributed by atoms with Crippen molar-refractivity contribution in [3.05, 3.63) is 29.6 Å². The molecule has 0 amide bonds. The van der Waals surface area contributed by atoms with Crippen LogP contribution in [0.4, 0.5) is 10.1 Å². The van der Waals surface area contributed by atoms with Crippen LogP contribution >= 0.6 is 24.0 Å². The zero-order valence-electron chi connectivity index (χ0n) is 9.29. The van der Waals surface area contributed by atoms with Crippen LogP contribution in [0.25, 0.3) is 0 Å². The molecular formula is C11H15FN2S2. The lowest BCUT2D eigenvalue weighted by Gasteiger charge is -2.16. The highest BCUT2D eigenvalue weighted by Crippen LogP contribution is 2.18. The van der Waals surface area contributed by atoms with Crippen molar-refractivity contribution >= 4 is 34.7 Å². The van der Waals surface area contributed by atoms with E-state index in [0.717, 1.165) is 11.4 Å². The molecule has 1 aromatic rings. The highest BCUT2D eigenvalue weighted by Gasteiger charge is 2.09. The van der Waals surface area contributed by atoms with Crippen molar-refractivity contribution < 1.29 is 4.39 Å². The van der Waals surface area contributed by atoms with Crippen molar-refractivity contribution in [2.24, 2.45) is 5.73 Å².